The van der Waals surface area contributed by atoms with Crippen molar-refractivity contribution in [2.75, 3.05) is 19.4 Å². The molecule has 26 heavy (non-hydrogen) atoms. The number of amides is 1. The maximum absolute atomic E-state index is 12.0. The van der Waals surface area contributed by atoms with Crippen molar-refractivity contribution in [3.05, 3.63) is 35.9 Å². The lowest BCUT2D eigenvalue weighted by molar-refractivity contribution is -0.136. The van der Waals surface area contributed by atoms with Crippen LogP contribution in [0.5, 0.6) is 0 Å². The number of rotatable bonds is 6. The Bertz CT molecular complexity index is 716. The van der Waals surface area contributed by atoms with Crippen LogP contribution in [0.3, 0.4) is 0 Å². The molecule has 2 atom stereocenters. The molecule has 2 aliphatic rings. The molecule has 1 N–H and O–H groups in total. The highest BCUT2D eigenvalue weighted by Crippen LogP contribution is 2.38. The first-order chi connectivity index (χ1) is 12.3. The van der Waals surface area contributed by atoms with E-state index in [2.05, 4.69) is 29.0 Å². The molecule has 1 aliphatic heterocycles. The van der Waals surface area contributed by atoms with Gasteiger partial charge in [0.05, 0.1) is 25.0 Å². The van der Waals surface area contributed by atoms with E-state index in [1.807, 2.05) is 6.07 Å². The summed E-state index contributed by atoms with van der Waals surface area (Å²) in [6.07, 6.45) is 4.80. The number of hydrogen-bond acceptors (Lipinski definition) is 4. The van der Waals surface area contributed by atoms with Crippen LogP contribution in [0.15, 0.2) is 30.3 Å². The number of nitrogens with one attached hydrogen (secondary N) is 1. The number of piperidine rings is 1. The van der Waals surface area contributed by atoms with Crippen LogP contribution in [-0.4, -0.2) is 56.8 Å². The average Bonchev–Trinajstić information content (AvgIpc) is 2.53. The van der Waals surface area contributed by atoms with Gasteiger partial charge in [0.2, 0.25) is 15.9 Å². The molecular weight excluding hydrogens is 352 g/mol. The van der Waals surface area contributed by atoms with E-state index in [9.17, 15) is 13.2 Å². The highest BCUT2D eigenvalue weighted by molar-refractivity contribution is 7.88. The van der Waals surface area contributed by atoms with Gasteiger partial charge in [0, 0.05) is 19.5 Å². The van der Waals surface area contributed by atoms with Gasteiger partial charge in [-0.2, -0.15) is 0 Å². The van der Waals surface area contributed by atoms with Crippen molar-refractivity contribution < 1.29 is 17.9 Å². The molecule has 1 aliphatic carbocycles. The number of hydrogen-bond donors (Lipinski definition) is 1. The topological polar surface area (TPSA) is 75.7 Å². The van der Waals surface area contributed by atoms with E-state index in [0.29, 0.717) is 19.1 Å². The van der Waals surface area contributed by atoms with Crippen LogP contribution in [0.2, 0.25) is 0 Å². The zero-order valence-electron chi connectivity index (χ0n) is 15.4. The fourth-order valence-corrected chi connectivity index (χ4v) is 4.83. The maximum Gasteiger partial charge on any atom is 0.219 e. The van der Waals surface area contributed by atoms with Gasteiger partial charge in [-0.1, -0.05) is 30.3 Å². The molecule has 1 aromatic rings. The van der Waals surface area contributed by atoms with Gasteiger partial charge in [-0.25, -0.2) is 13.1 Å². The molecule has 7 heteroatoms. The number of ether oxygens (including phenoxy) is 1. The number of likely N-dealkylation sites (tertiary alicyclic amines) is 1. The summed E-state index contributed by atoms with van der Waals surface area (Å²) >= 11 is 0. The summed E-state index contributed by atoms with van der Waals surface area (Å²) in [7, 11) is -3.32. The van der Waals surface area contributed by atoms with Crippen molar-refractivity contribution in [3.63, 3.8) is 0 Å². The van der Waals surface area contributed by atoms with Crippen molar-refractivity contribution >= 4 is 15.9 Å². The number of benzene rings is 1. The van der Waals surface area contributed by atoms with Gasteiger partial charge >= 0.3 is 0 Å². The van der Waals surface area contributed by atoms with E-state index in [-0.39, 0.29) is 24.1 Å². The van der Waals surface area contributed by atoms with Crippen LogP contribution in [0, 0.1) is 0 Å². The quantitative estimate of drug-likeness (QED) is 0.818. The van der Waals surface area contributed by atoms with Crippen molar-refractivity contribution in [1.82, 2.24) is 9.62 Å². The zero-order valence-corrected chi connectivity index (χ0v) is 16.2. The lowest BCUT2D eigenvalue weighted by Gasteiger charge is -2.43. The first kappa shape index (κ1) is 19.3. The summed E-state index contributed by atoms with van der Waals surface area (Å²) in [5.41, 5.74) is 1.34. The molecular formula is C19H28N2O4S. The fraction of sp³-hybridized carbons (Fsp3) is 0.632. The number of nitrogens with zero attached hydrogens (tertiary/aromatic N) is 1. The Kier molecular flexibility index (Phi) is 5.99. The summed E-state index contributed by atoms with van der Waals surface area (Å²) in [4.78, 5) is 13.7. The standard InChI is InChI=1S/C19H28N2O4S/c1-14(22)21-10-6-9-18(20-26(2,23)24)19(21)13-25-17-11-16(12-17)15-7-4-3-5-8-15/h3-5,7-8,16-20H,6,9-13H2,1-2H3/t16-,17+,18-,19-/m1/s1. The summed E-state index contributed by atoms with van der Waals surface area (Å²) in [6, 6.07) is 9.89. The molecule has 0 aromatic heterocycles. The number of carbonyl (C=O) groups is 1. The van der Waals surface area contributed by atoms with Gasteiger partial charge < -0.3 is 9.64 Å². The largest absolute Gasteiger partial charge is 0.376 e. The second-order valence-electron chi connectivity index (χ2n) is 7.45. The lowest BCUT2D eigenvalue weighted by Crippen LogP contribution is -2.58. The molecule has 144 valence electrons. The van der Waals surface area contributed by atoms with Gasteiger partial charge in [-0.3, -0.25) is 4.79 Å². The van der Waals surface area contributed by atoms with Crippen LogP contribution in [0.1, 0.15) is 44.1 Å². The van der Waals surface area contributed by atoms with Crippen molar-refractivity contribution in [1.29, 1.82) is 0 Å². The van der Waals surface area contributed by atoms with E-state index in [1.54, 1.807) is 4.90 Å². The molecule has 0 bridgehead atoms. The molecule has 1 aromatic carbocycles. The van der Waals surface area contributed by atoms with Crippen molar-refractivity contribution in [3.8, 4) is 0 Å². The van der Waals surface area contributed by atoms with Gasteiger partial charge in [-0.05, 0) is 37.2 Å². The zero-order chi connectivity index (χ0) is 18.7. The molecule has 3 rings (SSSR count). The van der Waals surface area contributed by atoms with Crippen LogP contribution in [0.4, 0.5) is 0 Å². The molecule has 1 amide bonds. The third-order valence-electron chi connectivity index (χ3n) is 5.42. The Morgan fingerprint density at radius 1 is 1.27 bits per heavy atom. The summed E-state index contributed by atoms with van der Waals surface area (Å²) < 4.78 is 32.1. The minimum absolute atomic E-state index is 0.0330. The monoisotopic (exact) mass is 380 g/mol. The average molecular weight is 381 g/mol. The van der Waals surface area contributed by atoms with Crippen LogP contribution < -0.4 is 4.72 Å². The van der Waals surface area contributed by atoms with E-state index >= 15 is 0 Å². The fourth-order valence-electron chi connectivity index (χ4n) is 4.00. The Labute approximate surface area is 156 Å². The van der Waals surface area contributed by atoms with Gasteiger partial charge in [0.25, 0.3) is 0 Å². The van der Waals surface area contributed by atoms with E-state index in [4.69, 9.17) is 4.74 Å². The minimum Gasteiger partial charge on any atom is -0.376 e. The maximum atomic E-state index is 12.0. The number of sulfonamides is 1. The highest BCUT2D eigenvalue weighted by Gasteiger charge is 2.37. The summed E-state index contributed by atoms with van der Waals surface area (Å²) in [5.74, 6) is 0.496. The van der Waals surface area contributed by atoms with E-state index in [0.717, 1.165) is 31.9 Å². The van der Waals surface area contributed by atoms with Crippen molar-refractivity contribution in [2.24, 2.45) is 0 Å². The van der Waals surface area contributed by atoms with Gasteiger partial charge in [0.1, 0.15) is 0 Å². The molecule has 0 spiro atoms. The third kappa shape index (κ3) is 4.84. The summed E-state index contributed by atoms with van der Waals surface area (Å²) in [5, 5.41) is 0. The Hall–Kier alpha value is -1.44. The van der Waals surface area contributed by atoms with Crippen LogP contribution in [0.25, 0.3) is 0 Å². The Morgan fingerprint density at radius 3 is 2.58 bits per heavy atom. The highest BCUT2D eigenvalue weighted by atomic mass is 32.2. The predicted octanol–water partition coefficient (Wildman–Crippen LogP) is 1.88. The Balaban J connectivity index is 1.57. The third-order valence-corrected chi connectivity index (χ3v) is 6.15. The Morgan fingerprint density at radius 2 is 1.96 bits per heavy atom. The molecule has 1 saturated carbocycles. The lowest BCUT2D eigenvalue weighted by atomic mass is 9.77. The normalized spacial score (nSPS) is 29.2. The molecule has 0 unspecified atom stereocenters. The van der Waals surface area contributed by atoms with E-state index < -0.39 is 10.0 Å². The molecule has 6 nitrogen and oxygen atoms in total. The second kappa shape index (κ2) is 8.06. The SMILES string of the molecule is CC(=O)N1CCC[C@@H](NS(C)(=O)=O)[C@H]1CO[C@H]1C[C@@H](c2ccccc2)C1. The van der Waals surface area contributed by atoms with Crippen LogP contribution in [-0.2, 0) is 19.6 Å². The molecule has 1 heterocycles. The minimum atomic E-state index is -3.32. The first-order valence-electron chi connectivity index (χ1n) is 9.24. The van der Waals surface area contributed by atoms with Gasteiger partial charge in [0.15, 0.2) is 0 Å². The smallest absolute Gasteiger partial charge is 0.219 e. The molecule has 0 radical (unpaired) electrons. The summed E-state index contributed by atoms with van der Waals surface area (Å²) in [6.45, 7) is 2.56. The predicted molar refractivity (Wildman–Crippen MR) is 100 cm³/mol. The molecule has 2 fully saturated rings. The van der Waals surface area contributed by atoms with E-state index in [1.165, 1.54) is 12.5 Å². The van der Waals surface area contributed by atoms with Crippen molar-refractivity contribution in [2.45, 2.75) is 56.7 Å². The van der Waals surface area contributed by atoms with Crippen LogP contribution >= 0.6 is 0 Å². The number of carbonyl (C=O) groups excluding carboxylic acids is 1. The van der Waals surface area contributed by atoms with Gasteiger partial charge in [-0.15, -0.1) is 0 Å². The second-order valence-corrected chi connectivity index (χ2v) is 9.23. The first-order valence-corrected chi connectivity index (χ1v) is 11.1. The molecule has 1 saturated heterocycles.